The van der Waals surface area contributed by atoms with Gasteiger partial charge in [-0.15, -0.1) is 11.3 Å². The van der Waals surface area contributed by atoms with E-state index in [0.717, 1.165) is 17.8 Å². The number of carbonyl (C=O) groups is 3. The summed E-state index contributed by atoms with van der Waals surface area (Å²) in [6.45, 7) is 4.64. The molecule has 0 radical (unpaired) electrons. The monoisotopic (exact) mass is 557 g/mol. The van der Waals surface area contributed by atoms with Crippen molar-refractivity contribution in [2.24, 2.45) is 0 Å². The van der Waals surface area contributed by atoms with Gasteiger partial charge in [0.15, 0.2) is 5.13 Å². The van der Waals surface area contributed by atoms with Gasteiger partial charge >= 0.3 is 12.1 Å². The van der Waals surface area contributed by atoms with Crippen LogP contribution in [-0.4, -0.2) is 65.5 Å². The van der Waals surface area contributed by atoms with Crippen LogP contribution in [0.3, 0.4) is 0 Å². The van der Waals surface area contributed by atoms with Crippen molar-refractivity contribution in [3.8, 4) is 0 Å². The highest BCUT2D eigenvalue weighted by Crippen LogP contribution is 2.31. The van der Waals surface area contributed by atoms with Gasteiger partial charge in [0.25, 0.3) is 5.91 Å². The van der Waals surface area contributed by atoms with Crippen molar-refractivity contribution in [3.63, 3.8) is 0 Å². The molecule has 3 aromatic rings. The number of rotatable bonds is 8. The van der Waals surface area contributed by atoms with Crippen LogP contribution in [0.4, 0.5) is 29.8 Å². The molecule has 0 aliphatic heterocycles. The molecule has 1 unspecified atom stereocenters. The highest BCUT2D eigenvalue weighted by Gasteiger charge is 2.38. The van der Waals surface area contributed by atoms with Crippen LogP contribution in [0.5, 0.6) is 0 Å². The van der Waals surface area contributed by atoms with Crippen LogP contribution >= 0.6 is 22.7 Å². The third-order valence-electron chi connectivity index (χ3n) is 4.59. The molecule has 3 rings (SSSR count). The molecule has 9 nitrogen and oxygen atoms in total. The number of amides is 1. The summed E-state index contributed by atoms with van der Waals surface area (Å²) in [5.74, 6) is -2.77. The predicted octanol–water partition coefficient (Wildman–Crippen LogP) is 4.38. The number of carboxylic acids is 1. The number of thiazole rings is 1. The summed E-state index contributed by atoms with van der Waals surface area (Å²) in [7, 11) is 3.93. The summed E-state index contributed by atoms with van der Waals surface area (Å²) in [6, 6.07) is 9.05. The second kappa shape index (κ2) is 12.7. The number of hydrogen-bond donors (Lipinski definition) is 4. The maximum atomic E-state index is 12.7. The molecule has 200 valence electrons. The van der Waals surface area contributed by atoms with Gasteiger partial charge in [0.2, 0.25) is 5.78 Å². The first-order chi connectivity index (χ1) is 17.2. The van der Waals surface area contributed by atoms with E-state index in [1.54, 1.807) is 24.3 Å². The van der Waals surface area contributed by atoms with Gasteiger partial charge in [0.05, 0.1) is 4.88 Å². The minimum Gasteiger partial charge on any atom is -0.475 e. The maximum Gasteiger partial charge on any atom is 0.490 e. The van der Waals surface area contributed by atoms with Crippen LogP contribution in [0.25, 0.3) is 0 Å². The number of benzene rings is 1. The van der Waals surface area contributed by atoms with Crippen molar-refractivity contribution in [2.45, 2.75) is 26.1 Å². The number of likely N-dealkylation sites (N-methyl/N-ethyl adjacent to an activating group) is 1. The van der Waals surface area contributed by atoms with Crippen LogP contribution in [-0.2, 0) is 4.79 Å². The number of nitrogens with one attached hydrogen (secondary N) is 2. The third kappa shape index (κ3) is 8.84. The lowest BCUT2D eigenvalue weighted by Crippen LogP contribution is -2.39. The van der Waals surface area contributed by atoms with E-state index >= 15 is 0 Å². The second-order valence-corrected chi connectivity index (χ2v) is 10.1. The summed E-state index contributed by atoms with van der Waals surface area (Å²) in [5.41, 5.74) is 8.25. The van der Waals surface area contributed by atoms with E-state index in [9.17, 15) is 22.8 Å². The predicted molar refractivity (Wildman–Crippen MR) is 138 cm³/mol. The van der Waals surface area contributed by atoms with Gasteiger partial charge in [-0.25, -0.2) is 9.78 Å². The normalized spacial score (nSPS) is 11.9. The van der Waals surface area contributed by atoms with Crippen LogP contribution in [0.2, 0.25) is 0 Å². The fraction of sp³-hybridized carbons (Fsp3) is 0.304. The highest BCUT2D eigenvalue weighted by molar-refractivity contribution is 7.19. The topological polar surface area (TPSA) is 138 Å². The number of alkyl halides is 3. The Morgan fingerprint density at radius 2 is 1.73 bits per heavy atom. The average Bonchev–Trinajstić information content (AvgIpc) is 3.38. The fourth-order valence-corrected chi connectivity index (χ4v) is 4.77. The maximum absolute atomic E-state index is 12.7. The Balaban J connectivity index is 0.000000604. The molecule has 0 aliphatic rings. The van der Waals surface area contributed by atoms with E-state index in [-0.39, 0.29) is 23.6 Å². The molecule has 14 heteroatoms. The first-order valence-electron chi connectivity index (χ1n) is 10.7. The van der Waals surface area contributed by atoms with Crippen molar-refractivity contribution in [2.75, 3.05) is 31.7 Å². The molecule has 0 bridgehead atoms. The van der Waals surface area contributed by atoms with E-state index < -0.39 is 12.1 Å². The first-order valence-corrected chi connectivity index (χ1v) is 12.4. The van der Waals surface area contributed by atoms with Crippen LogP contribution < -0.4 is 16.4 Å². The Hall–Kier alpha value is -3.49. The van der Waals surface area contributed by atoms with E-state index in [0.29, 0.717) is 20.4 Å². The zero-order valence-corrected chi connectivity index (χ0v) is 22.0. The third-order valence-corrected chi connectivity index (χ3v) is 6.59. The largest absolute Gasteiger partial charge is 0.490 e. The van der Waals surface area contributed by atoms with Gasteiger partial charge in [-0.3, -0.25) is 9.59 Å². The second-order valence-electron chi connectivity index (χ2n) is 8.14. The Bertz CT molecular complexity index is 1240. The number of aromatic nitrogens is 1. The zero-order valence-electron chi connectivity index (χ0n) is 20.3. The van der Waals surface area contributed by atoms with E-state index in [4.69, 9.17) is 15.6 Å². The number of hydrogen-bond acceptors (Lipinski definition) is 9. The van der Waals surface area contributed by atoms with Gasteiger partial charge < -0.3 is 26.4 Å². The molecule has 1 aromatic carbocycles. The van der Waals surface area contributed by atoms with Gasteiger partial charge in [-0.1, -0.05) is 11.3 Å². The Labute approximate surface area is 219 Å². The molecule has 37 heavy (non-hydrogen) atoms. The van der Waals surface area contributed by atoms with Gasteiger partial charge in [-0.2, -0.15) is 13.2 Å². The number of nitrogen functional groups attached to an aromatic ring is 1. The summed E-state index contributed by atoms with van der Waals surface area (Å²) >= 11 is 2.62. The number of ketones is 1. The SMILES string of the molecule is Cc1ccsc1C(=O)c1sc(Nc2ccc(C(=O)NC(C)CN(C)C)cc2)nc1N.O=C(O)C(F)(F)F. The van der Waals surface area contributed by atoms with Gasteiger partial charge in [-0.05, 0) is 69.2 Å². The van der Waals surface area contributed by atoms with Crippen molar-refractivity contribution in [1.29, 1.82) is 0 Å². The molecule has 0 spiro atoms. The number of anilines is 3. The lowest BCUT2D eigenvalue weighted by atomic mass is 10.2. The van der Waals surface area contributed by atoms with Crippen LogP contribution in [0.1, 0.15) is 37.4 Å². The van der Waals surface area contributed by atoms with E-state index in [1.165, 1.54) is 22.7 Å². The molecular weight excluding hydrogens is 531 g/mol. The lowest BCUT2D eigenvalue weighted by molar-refractivity contribution is -0.192. The Kier molecular flexibility index (Phi) is 10.2. The molecular formula is C23H26F3N5O4S2. The molecule has 0 aliphatic carbocycles. The molecule has 5 N–H and O–H groups in total. The molecule has 1 atom stereocenters. The number of thiophene rings is 1. The number of carboxylic acid groups (broad SMARTS) is 1. The number of nitrogens with two attached hydrogens (primary N) is 1. The Morgan fingerprint density at radius 3 is 2.22 bits per heavy atom. The fourth-order valence-electron chi connectivity index (χ4n) is 2.99. The van der Waals surface area contributed by atoms with Gasteiger partial charge in [0.1, 0.15) is 10.7 Å². The van der Waals surface area contributed by atoms with Crippen molar-refractivity contribution < 1.29 is 32.7 Å². The molecule has 2 aromatic heterocycles. The highest BCUT2D eigenvalue weighted by atomic mass is 32.1. The molecule has 0 saturated heterocycles. The lowest BCUT2D eigenvalue weighted by Gasteiger charge is -2.18. The van der Waals surface area contributed by atoms with Crippen LogP contribution in [0, 0.1) is 6.92 Å². The summed E-state index contributed by atoms with van der Waals surface area (Å²) < 4.78 is 31.7. The number of carbonyl (C=O) groups excluding carboxylic acids is 2. The molecule has 0 saturated carbocycles. The minimum atomic E-state index is -5.08. The summed E-state index contributed by atoms with van der Waals surface area (Å²) in [4.78, 5) is 41.4. The van der Waals surface area contributed by atoms with Crippen molar-refractivity contribution in [1.82, 2.24) is 15.2 Å². The summed E-state index contributed by atoms with van der Waals surface area (Å²) in [6.07, 6.45) is -5.08. The van der Waals surface area contributed by atoms with Crippen LogP contribution in [0.15, 0.2) is 35.7 Å². The number of aliphatic carboxylic acids is 1. The number of nitrogens with zero attached hydrogens (tertiary/aromatic N) is 2. The molecule has 2 heterocycles. The quantitative estimate of drug-likeness (QED) is 0.300. The number of aryl methyl sites for hydroxylation is 1. The van der Waals surface area contributed by atoms with E-state index in [2.05, 4.69) is 15.6 Å². The average molecular weight is 558 g/mol. The zero-order chi connectivity index (χ0) is 27.9. The van der Waals surface area contributed by atoms with Crippen molar-refractivity contribution in [3.05, 3.63) is 56.6 Å². The molecule has 1 amide bonds. The number of halogens is 3. The smallest absolute Gasteiger partial charge is 0.475 e. The van der Waals surface area contributed by atoms with Gasteiger partial charge in [0, 0.05) is 23.8 Å². The van der Waals surface area contributed by atoms with Crippen molar-refractivity contribution >= 4 is 57.0 Å². The summed E-state index contributed by atoms with van der Waals surface area (Å²) in [5, 5.41) is 15.7. The molecule has 0 fully saturated rings. The first kappa shape index (κ1) is 29.7. The Morgan fingerprint density at radius 1 is 1.14 bits per heavy atom. The minimum absolute atomic E-state index is 0.0477. The standard InChI is InChI=1S/C21H25N5O2S2.C2HF3O2/c1-12-9-10-29-17(12)16(27)18-19(22)25-21(30-18)24-15-7-5-14(6-8-15)20(28)23-13(2)11-26(3)4;3-2(4,5)1(6)7/h5-10,13H,11,22H2,1-4H3,(H,23,28)(H,24,25);(H,6,7). The van der Waals surface area contributed by atoms with E-state index in [1.807, 2.05) is 44.3 Å².